The summed E-state index contributed by atoms with van der Waals surface area (Å²) in [5.41, 5.74) is 1.83. The molecule has 3 heteroatoms. The molecular weight excluding hydrogens is 190 g/mol. The number of phenols is 1. The third-order valence-electron chi connectivity index (χ3n) is 1.99. The van der Waals surface area contributed by atoms with Crippen LogP contribution in [0, 0.1) is 0 Å². The minimum absolute atomic E-state index is 0.0214. The predicted molar refractivity (Wildman–Crippen MR) is 61.0 cm³/mol. The van der Waals surface area contributed by atoms with Crippen molar-refractivity contribution in [2.45, 2.75) is 33.1 Å². The van der Waals surface area contributed by atoms with Gasteiger partial charge in [0.2, 0.25) is 5.91 Å². The lowest BCUT2D eigenvalue weighted by Crippen LogP contribution is -2.18. The van der Waals surface area contributed by atoms with E-state index in [1.807, 2.05) is 6.07 Å². The number of aryl methyl sites for hydroxylation is 1. The van der Waals surface area contributed by atoms with Gasteiger partial charge in [-0.05, 0) is 18.1 Å². The summed E-state index contributed by atoms with van der Waals surface area (Å²) in [6.07, 6.45) is 2.55. The van der Waals surface area contributed by atoms with Crippen LogP contribution in [0.15, 0.2) is 18.2 Å². The molecule has 0 spiro atoms. The number of fused-ring (bicyclic) bond motifs is 1. The molecule has 3 nitrogen and oxygen atoms in total. The lowest BCUT2D eigenvalue weighted by Gasteiger charge is -2.16. The fourth-order valence-corrected chi connectivity index (χ4v) is 1.36. The van der Waals surface area contributed by atoms with Crippen molar-refractivity contribution in [2.75, 3.05) is 5.32 Å². The van der Waals surface area contributed by atoms with E-state index in [0.717, 1.165) is 17.7 Å². The molecule has 1 heterocycles. The van der Waals surface area contributed by atoms with Crippen molar-refractivity contribution in [3.63, 3.8) is 0 Å². The fraction of sp³-hybridized carbons (Fsp3) is 0.417. The zero-order chi connectivity index (χ0) is 11.3. The van der Waals surface area contributed by atoms with E-state index in [9.17, 15) is 4.79 Å². The highest BCUT2D eigenvalue weighted by Gasteiger charge is 2.14. The van der Waals surface area contributed by atoms with Crippen LogP contribution in [-0.4, -0.2) is 11.0 Å². The number of nitrogens with one attached hydrogen (secondary N) is 1. The van der Waals surface area contributed by atoms with E-state index in [0.29, 0.717) is 6.42 Å². The van der Waals surface area contributed by atoms with E-state index in [1.165, 1.54) is 6.42 Å². The molecule has 1 amide bonds. The molecule has 2 rings (SSSR count). The van der Waals surface area contributed by atoms with Gasteiger partial charge in [0.15, 0.2) is 0 Å². The van der Waals surface area contributed by atoms with Gasteiger partial charge >= 0.3 is 0 Å². The van der Waals surface area contributed by atoms with Gasteiger partial charge in [0, 0.05) is 18.2 Å². The Kier molecular flexibility index (Phi) is 4.16. The normalized spacial score (nSPS) is 13.3. The van der Waals surface area contributed by atoms with Crippen LogP contribution in [0.1, 0.15) is 32.3 Å². The summed E-state index contributed by atoms with van der Waals surface area (Å²) < 4.78 is 0. The van der Waals surface area contributed by atoms with Gasteiger partial charge in [-0.2, -0.15) is 0 Å². The summed E-state index contributed by atoms with van der Waals surface area (Å²) >= 11 is 0. The van der Waals surface area contributed by atoms with Gasteiger partial charge in [0.05, 0.1) is 0 Å². The largest absolute Gasteiger partial charge is 0.508 e. The number of hydrogen-bond acceptors (Lipinski definition) is 2. The Labute approximate surface area is 90.1 Å². The number of amides is 1. The standard InChI is InChI=1S/C9H9NO2.C3H8/c11-7-3-1-6-2-4-9(12)10-8(6)5-7;1-3-2/h1,3,5,11H,2,4H2,(H,10,12);3H2,1-2H3. The molecule has 0 radical (unpaired) electrons. The number of carbonyl (C=O) groups excluding carboxylic acids is 1. The molecule has 0 bridgehead atoms. The van der Waals surface area contributed by atoms with Crippen molar-refractivity contribution in [3.05, 3.63) is 23.8 Å². The first-order valence-corrected chi connectivity index (χ1v) is 5.29. The molecule has 0 unspecified atom stereocenters. The molecule has 1 aliphatic heterocycles. The number of benzene rings is 1. The Morgan fingerprint density at radius 1 is 1.33 bits per heavy atom. The van der Waals surface area contributed by atoms with Crippen LogP contribution in [0.2, 0.25) is 0 Å². The van der Waals surface area contributed by atoms with Crippen molar-refractivity contribution in [1.82, 2.24) is 0 Å². The van der Waals surface area contributed by atoms with Crippen LogP contribution in [0.25, 0.3) is 0 Å². The summed E-state index contributed by atoms with van der Waals surface area (Å²) in [7, 11) is 0. The van der Waals surface area contributed by atoms with Gasteiger partial charge in [0.1, 0.15) is 5.75 Å². The number of hydrogen-bond donors (Lipinski definition) is 2. The first kappa shape index (κ1) is 11.6. The van der Waals surface area contributed by atoms with Crippen molar-refractivity contribution in [3.8, 4) is 5.75 Å². The van der Waals surface area contributed by atoms with E-state index < -0.39 is 0 Å². The number of aromatic hydroxyl groups is 1. The molecule has 1 aromatic carbocycles. The molecule has 0 fully saturated rings. The Morgan fingerprint density at radius 3 is 2.67 bits per heavy atom. The number of anilines is 1. The third kappa shape index (κ3) is 3.27. The number of carbonyl (C=O) groups is 1. The minimum Gasteiger partial charge on any atom is -0.508 e. The van der Waals surface area contributed by atoms with Gasteiger partial charge in [-0.15, -0.1) is 0 Å². The average molecular weight is 207 g/mol. The SMILES string of the molecule is CCC.O=C1CCc2ccc(O)cc2N1. The summed E-state index contributed by atoms with van der Waals surface area (Å²) in [4.78, 5) is 10.9. The Morgan fingerprint density at radius 2 is 2.00 bits per heavy atom. The highest BCUT2D eigenvalue weighted by Crippen LogP contribution is 2.25. The van der Waals surface area contributed by atoms with Crippen LogP contribution in [0.5, 0.6) is 5.75 Å². The minimum atomic E-state index is 0.0214. The van der Waals surface area contributed by atoms with Crippen molar-refractivity contribution < 1.29 is 9.90 Å². The fourth-order valence-electron chi connectivity index (χ4n) is 1.36. The molecule has 0 aromatic heterocycles. The van der Waals surface area contributed by atoms with E-state index in [-0.39, 0.29) is 11.7 Å². The highest BCUT2D eigenvalue weighted by molar-refractivity contribution is 5.94. The molecule has 0 aliphatic carbocycles. The molecule has 2 N–H and O–H groups in total. The monoisotopic (exact) mass is 207 g/mol. The maximum Gasteiger partial charge on any atom is 0.224 e. The molecule has 0 saturated heterocycles. The van der Waals surface area contributed by atoms with Gasteiger partial charge < -0.3 is 10.4 Å². The first-order valence-electron chi connectivity index (χ1n) is 5.29. The first-order chi connectivity index (χ1) is 7.17. The van der Waals surface area contributed by atoms with Crippen LogP contribution >= 0.6 is 0 Å². The predicted octanol–water partition coefficient (Wildman–Crippen LogP) is 2.69. The third-order valence-corrected chi connectivity index (χ3v) is 1.99. The van der Waals surface area contributed by atoms with E-state index >= 15 is 0 Å². The van der Waals surface area contributed by atoms with E-state index in [4.69, 9.17) is 5.11 Å². The summed E-state index contributed by atoms with van der Waals surface area (Å²) in [6.45, 7) is 4.25. The van der Waals surface area contributed by atoms with Gasteiger partial charge in [0.25, 0.3) is 0 Å². The Hall–Kier alpha value is -1.51. The Balaban J connectivity index is 0.000000337. The molecule has 1 aliphatic rings. The van der Waals surface area contributed by atoms with Crippen LogP contribution in [0.4, 0.5) is 5.69 Å². The maximum absolute atomic E-state index is 10.9. The Bertz CT molecular complexity index is 347. The molecular formula is C12H17NO2. The van der Waals surface area contributed by atoms with Crippen LogP contribution in [-0.2, 0) is 11.2 Å². The van der Waals surface area contributed by atoms with E-state index in [1.54, 1.807) is 12.1 Å². The summed E-state index contributed by atoms with van der Waals surface area (Å²) in [6, 6.07) is 5.05. The second-order valence-corrected chi connectivity index (χ2v) is 3.60. The maximum atomic E-state index is 10.9. The second-order valence-electron chi connectivity index (χ2n) is 3.60. The van der Waals surface area contributed by atoms with Crippen molar-refractivity contribution in [1.29, 1.82) is 0 Å². The lowest BCUT2D eigenvalue weighted by atomic mass is 10.0. The molecule has 0 saturated carbocycles. The van der Waals surface area contributed by atoms with Crippen molar-refractivity contribution in [2.24, 2.45) is 0 Å². The van der Waals surface area contributed by atoms with E-state index in [2.05, 4.69) is 19.2 Å². The molecule has 15 heavy (non-hydrogen) atoms. The highest BCUT2D eigenvalue weighted by atomic mass is 16.3. The molecule has 82 valence electrons. The van der Waals surface area contributed by atoms with Gasteiger partial charge in [-0.25, -0.2) is 0 Å². The quantitative estimate of drug-likeness (QED) is 0.687. The lowest BCUT2D eigenvalue weighted by molar-refractivity contribution is -0.116. The number of phenolic OH excluding ortho intramolecular Hbond substituents is 1. The summed E-state index contributed by atoms with van der Waals surface area (Å²) in [5.74, 6) is 0.212. The second kappa shape index (κ2) is 5.39. The number of rotatable bonds is 0. The average Bonchev–Trinajstić information content (AvgIpc) is 2.18. The zero-order valence-electron chi connectivity index (χ0n) is 9.21. The van der Waals surface area contributed by atoms with Crippen molar-refractivity contribution >= 4 is 11.6 Å². The molecule has 1 aromatic rings. The van der Waals surface area contributed by atoms with Crippen LogP contribution < -0.4 is 5.32 Å². The van der Waals surface area contributed by atoms with Crippen LogP contribution in [0.3, 0.4) is 0 Å². The smallest absolute Gasteiger partial charge is 0.224 e. The topological polar surface area (TPSA) is 49.3 Å². The zero-order valence-corrected chi connectivity index (χ0v) is 9.21. The van der Waals surface area contributed by atoms with Gasteiger partial charge in [-0.3, -0.25) is 4.79 Å². The van der Waals surface area contributed by atoms with Gasteiger partial charge in [-0.1, -0.05) is 26.3 Å². The molecule has 0 atom stereocenters. The summed E-state index contributed by atoms with van der Waals surface area (Å²) in [5, 5.41) is 11.8.